The number of nitrogens with one attached hydrogen (secondary N) is 1. The molecule has 7 bridgehead atoms. The van der Waals surface area contributed by atoms with E-state index in [1.165, 1.54) is 6.92 Å². The topological polar surface area (TPSA) is 136 Å². The van der Waals surface area contributed by atoms with Crippen LogP contribution in [-0.4, -0.2) is 103 Å². The monoisotopic (exact) mass is 600 g/mol. The fourth-order valence-electron chi connectivity index (χ4n) is 11.5. The lowest BCUT2D eigenvalue weighted by atomic mass is 9.44. The molecule has 7 rings (SSSR count). The standard InChI is InChI=1S/C32H44N2O9/c1-6-34-16-29(42-28(36)18-9-7-8-10-21(18)33-43-17(2)35)12-11-25(40-4)31-23(29)14-20(26(31)34)30(37)15-22(39-3)19-13-24(31)32(30,38)27(19)41-5/h7-10,19-20,22-27,33,37-38H,6,11-16H2,1-5H3/t19-,20+,22+,23+,24+,25+,26-,27+,29+,30+,31+,32+/m1/s1. The first-order chi connectivity index (χ1) is 20.6. The fraction of sp³-hybridized carbons (Fsp3) is 0.750. The van der Waals surface area contributed by atoms with Gasteiger partial charge in [-0.2, -0.15) is 0 Å². The molecule has 1 saturated heterocycles. The number of likely N-dealkylation sites (N-methyl/N-ethyl adjacent to an activating group) is 1. The second-order valence-corrected chi connectivity index (χ2v) is 13.7. The first kappa shape index (κ1) is 29.4. The van der Waals surface area contributed by atoms with Crippen molar-refractivity contribution in [2.24, 2.45) is 29.1 Å². The van der Waals surface area contributed by atoms with Crippen LogP contribution >= 0.6 is 0 Å². The lowest BCUT2D eigenvalue weighted by Crippen LogP contribution is -2.83. The van der Waals surface area contributed by atoms with Crippen molar-refractivity contribution in [2.75, 3.05) is 39.9 Å². The number of nitrogens with zero attached hydrogens (tertiary/aromatic N) is 1. The van der Waals surface area contributed by atoms with E-state index in [4.69, 9.17) is 23.8 Å². The average Bonchev–Trinajstić information content (AvgIpc) is 3.42. The molecule has 12 atom stereocenters. The number of para-hydroxylation sites is 1. The summed E-state index contributed by atoms with van der Waals surface area (Å²) in [4.78, 5) is 32.9. The summed E-state index contributed by atoms with van der Waals surface area (Å²) in [7, 11) is 5.04. The number of ether oxygens (including phenoxy) is 4. The quantitative estimate of drug-likeness (QED) is 0.299. The van der Waals surface area contributed by atoms with Crippen LogP contribution in [0, 0.1) is 29.1 Å². The number of anilines is 1. The molecule has 0 unspecified atom stereocenters. The Kier molecular flexibility index (Phi) is 6.75. The summed E-state index contributed by atoms with van der Waals surface area (Å²) in [5.74, 6) is -1.89. The van der Waals surface area contributed by atoms with Gasteiger partial charge in [0.2, 0.25) is 0 Å². The number of hydrogen-bond donors (Lipinski definition) is 3. The summed E-state index contributed by atoms with van der Waals surface area (Å²) in [5, 5.41) is 25.7. The molecule has 5 aliphatic carbocycles. The molecule has 43 heavy (non-hydrogen) atoms. The number of likely N-dealkylation sites (tertiary alicyclic amines) is 1. The molecule has 0 aromatic heterocycles. The van der Waals surface area contributed by atoms with Crippen molar-refractivity contribution in [3.05, 3.63) is 29.8 Å². The van der Waals surface area contributed by atoms with Crippen LogP contribution in [0.4, 0.5) is 5.69 Å². The number of hydrogen-bond acceptors (Lipinski definition) is 11. The van der Waals surface area contributed by atoms with Gasteiger partial charge >= 0.3 is 11.9 Å². The number of carbonyl (C=O) groups excluding carboxylic acids is 2. The number of esters is 1. The molecule has 6 aliphatic rings. The van der Waals surface area contributed by atoms with E-state index in [9.17, 15) is 19.8 Å². The molecular weight excluding hydrogens is 556 g/mol. The predicted molar refractivity (Wildman–Crippen MR) is 153 cm³/mol. The van der Waals surface area contributed by atoms with Gasteiger partial charge in [-0.3, -0.25) is 9.69 Å². The van der Waals surface area contributed by atoms with Gasteiger partial charge in [-0.15, -0.1) is 0 Å². The molecule has 0 amide bonds. The zero-order valence-electron chi connectivity index (χ0n) is 25.6. The molecule has 1 aliphatic heterocycles. The van der Waals surface area contributed by atoms with E-state index < -0.39 is 40.3 Å². The van der Waals surface area contributed by atoms with Crippen molar-refractivity contribution in [3.63, 3.8) is 0 Å². The van der Waals surface area contributed by atoms with Gasteiger partial charge in [-0.25, -0.2) is 10.3 Å². The summed E-state index contributed by atoms with van der Waals surface area (Å²) in [6.45, 7) is 4.62. The molecule has 1 heterocycles. The first-order valence-corrected chi connectivity index (χ1v) is 15.6. The Balaban J connectivity index is 1.35. The van der Waals surface area contributed by atoms with E-state index in [1.807, 2.05) is 0 Å². The van der Waals surface area contributed by atoms with Crippen LogP contribution in [0.1, 0.15) is 56.3 Å². The highest BCUT2D eigenvalue weighted by Crippen LogP contribution is 2.79. The summed E-state index contributed by atoms with van der Waals surface area (Å²) >= 11 is 0. The maximum atomic E-state index is 14.1. The van der Waals surface area contributed by atoms with Gasteiger partial charge in [-0.1, -0.05) is 19.1 Å². The largest absolute Gasteiger partial charge is 0.454 e. The van der Waals surface area contributed by atoms with E-state index in [-0.39, 0.29) is 47.5 Å². The van der Waals surface area contributed by atoms with Gasteiger partial charge in [-0.05, 0) is 44.4 Å². The smallest absolute Gasteiger partial charge is 0.340 e. The third-order valence-corrected chi connectivity index (χ3v) is 12.6. The molecule has 3 N–H and O–H groups in total. The van der Waals surface area contributed by atoms with Gasteiger partial charge in [0.1, 0.15) is 16.8 Å². The van der Waals surface area contributed by atoms with Crippen molar-refractivity contribution in [2.45, 2.75) is 87.1 Å². The number of aliphatic hydroxyl groups is 2. The minimum absolute atomic E-state index is 0.0559. The van der Waals surface area contributed by atoms with Crippen molar-refractivity contribution in [3.8, 4) is 0 Å². The number of rotatable bonds is 8. The number of methoxy groups -OCH3 is 3. The Hall–Kier alpha value is -2.28. The fourth-order valence-corrected chi connectivity index (χ4v) is 11.5. The number of benzene rings is 1. The van der Waals surface area contributed by atoms with Crippen molar-refractivity contribution in [1.29, 1.82) is 0 Å². The Morgan fingerprint density at radius 3 is 2.51 bits per heavy atom. The van der Waals surface area contributed by atoms with Crippen LogP contribution in [0.15, 0.2) is 24.3 Å². The van der Waals surface area contributed by atoms with Gasteiger partial charge < -0.3 is 34.0 Å². The van der Waals surface area contributed by atoms with E-state index in [2.05, 4.69) is 17.3 Å². The minimum atomic E-state index is -1.49. The van der Waals surface area contributed by atoms with Gasteiger partial charge in [0, 0.05) is 76.3 Å². The number of carbonyl (C=O) groups is 2. The maximum Gasteiger partial charge on any atom is 0.340 e. The molecule has 6 fully saturated rings. The van der Waals surface area contributed by atoms with Crippen LogP contribution in [0.5, 0.6) is 0 Å². The van der Waals surface area contributed by atoms with Gasteiger partial charge in [0.15, 0.2) is 0 Å². The van der Waals surface area contributed by atoms with Crippen LogP contribution in [0.2, 0.25) is 0 Å². The van der Waals surface area contributed by atoms with Gasteiger partial charge in [0.05, 0.1) is 29.6 Å². The van der Waals surface area contributed by atoms with Crippen molar-refractivity contribution in [1.82, 2.24) is 4.90 Å². The summed E-state index contributed by atoms with van der Waals surface area (Å²) < 4.78 is 25.0. The Morgan fingerprint density at radius 1 is 1.07 bits per heavy atom. The number of piperidine rings is 1. The number of fused-ring (bicyclic) bond motifs is 2. The lowest BCUT2D eigenvalue weighted by molar-refractivity contribution is -0.337. The average molecular weight is 601 g/mol. The zero-order valence-corrected chi connectivity index (χ0v) is 25.6. The second-order valence-electron chi connectivity index (χ2n) is 13.7. The first-order valence-electron chi connectivity index (χ1n) is 15.6. The molecule has 0 radical (unpaired) electrons. The van der Waals surface area contributed by atoms with Crippen LogP contribution in [0.25, 0.3) is 0 Å². The maximum absolute atomic E-state index is 14.1. The molecule has 1 aromatic rings. The molecular formula is C32H44N2O9. The highest BCUT2D eigenvalue weighted by atomic mass is 16.7. The van der Waals surface area contributed by atoms with E-state index in [0.29, 0.717) is 50.9 Å². The predicted octanol–water partition coefficient (Wildman–Crippen LogP) is 2.15. The molecule has 1 aromatic carbocycles. The van der Waals surface area contributed by atoms with Crippen LogP contribution < -0.4 is 5.48 Å². The second kappa shape index (κ2) is 9.86. The lowest BCUT2D eigenvalue weighted by Gasteiger charge is -2.70. The van der Waals surface area contributed by atoms with E-state index in [0.717, 1.165) is 0 Å². The SMILES string of the molecule is CCN1C[C@@]2(OC(=O)c3ccccc3NOC(C)=O)CC[C@H](OC)[C@]34[C@H]1[C@H](C[C@@H]23)[C@@]1(O)C[C@H](OC)[C@H]2C[C@@H]4[C@]1(O)[C@H]2OC. The zero-order chi connectivity index (χ0) is 30.5. The van der Waals surface area contributed by atoms with Crippen LogP contribution in [-0.2, 0) is 28.6 Å². The van der Waals surface area contributed by atoms with Crippen LogP contribution in [0.3, 0.4) is 0 Å². The van der Waals surface area contributed by atoms with Crippen molar-refractivity contribution >= 4 is 17.6 Å². The molecule has 5 saturated carbocycles. The third-order valence-electron chi connectivity index (χ3n) is 12.6. The third kappa shape index (κ3) is 3.46. The Morgan fingerprint density at radius 2 is 1.84 bits per heavy atom. The van der Waals surface area contributed by atoms with Gasteiger partial charge in [0.25, 0.3) is 0 Å². The molecule has 11 nitrogen and oxygen atoms in total. The highest BCUT2D eigenvalue weighted by Gasteiger charge is 2.89. The Labute approximate surface area is 252 Å². The summed E-state index contributed by atoms with van der Waals surface area (Å²) in [6.07, 6.45) is 1.81. The summed E-state index contributed by atoms with van der Waals surface area (Å²) in [6, 6.07) is 6.76. The highest BCUT2D eigenvalue weighted by molar-refractivity contribution is 5.96. The molecule has 236 valence electrons. The normalized spacial score (nSPS) is 47.2. The van der Waals surface area contributed by atoms with Crippen molar-refractivity contribution < 1.29 is 43.6 Å². The van der Waals surface area contributed by atoms with E-state index in [1.54, 1.807) is 45.6 Å². The van der Waals surface area contributed by atoms with E-state index >= 15 is 0 Å². The molecule has 1 spiro atoms. The minimum Gasteiger partial charge on any atom is -0.454 e. The summed E-state index contributed by atoms with van der Waals surface area (Å²) in [5.41, 5.74) is -1.16. The Bertz CT molecular complexity index is 1310. The molecule has 11 heteroatoms.